The molecule has 1 unspecified atom stereocenters. The number of thiophene rings is 1. The van der Waals surface area contributed by atoms with Crippen molar-refractivity contribution in [2.45, 2.75) is 24.3 Å². The van der Waals surface area contributed by atoms with Crippen LogP contribution in [0.25, 0.3) is 0 Å². The fourth-order valence-corrected chi connectivity index (χ4v) is 5.51. The highest BCUT2D eigenvalue weighted by Crippen LogP contribution is 2.29. The van der Waals surface area contributed by atoms with Gasteiger partial charge in [0.15, 0.2) is 6.54 Å². The van der Waals surface area contributed by atoms with E-state index in [2.05, 4.69) is 23.7 Å². The first kappa shape index (κ1) is 20.8. The molecule has 9 heteroatoms. The van der Waals surface area contributed by atoms with Gasteiger partial charge in [0.25, 0.3) is 5.91 Å². The lowest BCUT2D eigenvalue weighted by atomic mass is 10.0. The monoisotopic (exact) mass is 424 g/mol. The van der Waals surface area contributed by atoms with Crippen molar-refractivity contribution in [3.8, 4) is 5.75 Å². The van der Waals surface area contributed by atoms with E-state index in [-0.39, 0.29) is 22.6 Å². The maximum absolute atomic E-state index is 12.6. The number of rotatable bonds is 6. The van der Waals surface area contributed by atoms with E-state index >= 15 is 0 Å². The minimum Gasteiger partial charge on any atom is -0.495 e. The summed E-state index contributed by atoms with van der Waals surface area (Å²) in [7, 11) is 0.647. The summed E-state index contributed by atoms with van der Waals surface area (Å²) in [6, 6.07) is 7.06. The van der Waals surface area contributed by atoms with Crippen molar-refractivity contribution in [3.05, 3.63) is 40.1 Å². The second kappa shape index (κ2) is 8.20. The van der Waals surface area contributed by atoms with Gasteiger partial charge in [-0.25, -0.2) is 12.7 Å². The number of amides is 1. The van der Waals surface area contributed by atoms with Crippen LogP contribution in [0.15, 0.2) is 34.5 Å². The summed E-state index contributed by atoms with van der Waals surface area (Å²) >= 11 is 1.78. The summed E-state index contributed by atoms with van der Waals surface area (Å²) in [6.45, 7) is 3.38. The average molecular weight is 425 g/mol. The zero-order chi connectivity index (χ0) is 20.5. The van der Waals surface area contributed by atoms with Crippen LogP contribution in [0.5, 0.6) is 5.75 Å². The SMILES string of the molecule is COc1ccc(NC(=O)C[NH+]2CCc3sccc3[C@@H]2C)cc1S(=O)(=O)N(C)C. The number of hydrogen-bond donors (Lipinski definition) is 2. The molecule has 0 spiro atoms. The molecule has 152 valence electrons. The van der Waals surface area contributed by atoms with Crippen molar-refractivity contribution in [2.75, 3.05) is 39.6 Å². The number of benzene rings is 1. The predicted octanol–water partition coefficient (Wildman–Crippen LogP) is 1.15. The second-order valence-corrected chi connectivity index (χ2v) is 10.2. The number of methoxy groups -OCH3 is 1. The third-order valence-electron chi connectivity index (χ3n) is 5.13. The number of hydrogen-bond acceptors (Lipinski definition) is 5. The third kappa shape index (κ3) is 4.07. The first-order chi connectivity index (χ1) is 13.2. The second-order valence-electron chi connectivity index (χ2n) is 7.06. The minimum absolute atomic E-state index is 0.0272. The van der Waals surface area contributed by atoms with Crippen LogP contribution < -0.4 is 15.0 Å². The fourth-order valence-electron chi connectivity index (χ4n) is 3.46. The quantitative estimate of drug-likeness (QED) is 0.729. The fraction of sp³-hybridized carbons (Fsp3) is 0.421. The van der Waals surface area contributed by atoms with Crippen molar-refractivity contribution in [1.82, 2.24) is 4.31 Å². The van der Waals surface area contributed by atoms with Crippen molar-refractivity contribution in [1.29, 1.82) is 0 Å². The van der Waals surface area contributed by atoms with E-state index in [9.17, 15) is 13.2 Å². The summed E-state index contributed by atoms with van der Waals surface area (Å²) in [5.74, 6) is 0.103. The summed E-state index contributed by atoms with van der Waals surface area (Å²) < 4.78 is 31.4. The highest BCUT2D eigenvalue weighted by Gasteiger charge is 2.30. The molecular weight excluding hydrogens is 398 g/mol. The van der Waals surface area contributed by atoms with E-state index in [1.165, 1.54) is 42.6 Å². The molecule has 0 saturated heterocycles. The maximum atomic E-state index is 12.6. The Kier molecular flexibility index (Phi) is 6.09. The molecule has 0 bridgehead atoms. The Hall–Kier alpha value is -1.94. The molecule has 1 aromatic carbocycles. The van der Waals surface area contributed by atoms with Crippen molar-refractivity contribution in [3.63, 3.8) is 0 Å². The Morgan fingerprint density at radius 1 is 1.36 bits per heavy atom. The Labute approximate surface area is 170 Å². The van der Waals surface area contributed by atoms with Crippen LogP contribution in [0.4, 0.5) is 5.69 Å². The molecule has 1 aliphatic heterocycles. The van der Waals surface area contributed by atoms with E-state index in [1.54, 1.807) is 23.5 Å². The molecule has 2 N–H and O–H groups in total. The summed E-state index contributed by atoms with van der Waals surface area (Å²) in [6.07, 6.45) is 0.980. The summed E-state index contributed by atoms with van der Waals surface area (Å²) in [5.41, 5.74) is 1.76. The van der Waals surface area contributed by atoms with Crippen LogP contribution in [-0.4, -0.2) is 52.9 Å². The smallest absolute Gasteiger partial charge is 0.279 e. The molecule has 0 radical (unpaired) electrons. The maximum Gasteiger partial charge on any atom is 0.279 e. The Morgan fingerprint density at radius 3 is 2.79 bits per heavy atom. The number of carbonyl (C=O) groups is 1. The molecule has 2 atom stereocenters. The van der Waals surface area contributed by atoms with E-state index in [0.29, 0.717) is 12.2 Å². The molecule has 2 heterocycles. The zero-order valence-electron chi connectivity index (χ0n) is 16.5. The normalized spacial score (nSPS) is 19.3. The van der Waals surface area contributed by atoms with E-state index in [4.69, 9.17) is 4.74 Å². The molecule has 2 aromatic rings. The van der Waals surface area contributed by atoms with Gasteiger partial charge in [-0.2, -0.15) is 0 Å². The Morgan fingerprint density at radius 2 is 2.11 bits per heavy atom. The van der Waals surface area contributed by atoms with E-state index < -0.39 is 10.0 Å². The van der Waals surface area contributed by atoms with Crippen LogP contribution in [-0.2, 0) is 21.2 Å². The van der Waals surface area contributed by atoms with Gasteiger partial charge in [-0.05, 0) is 36.6 Å². The molecule has 0 fully saturated rings. The zero-order valence-corrected chi connectivity index (χ0v) is 18.1. The first-order valence-corrected chi connectivity index (χ1v) is 11.4. The van der Waals surface area contributed by atoms with Crippen LogP contribution in [0.3, 0.4) is 0 Å². The van der Waals surface area contributed by atoms with Gasteiger partial charge in [0.05, 0.1) is 13.7 Å². The van der Waals surface area contributed by atoms with Crippen molar-refractivity contribution >= 4 is 33.0 Å². The van der Waals surface area contributed by atoms with Crippen molar-refractivity contribution in [2.24, 2.45) is 0 Å². The van der Waals surface area contributed by atoms with Gasteiger partial charge in [0.2, 0.25) is 10.0 Å². The highest BCUT2D eigenvalue weighted by atomic mass is 32.2. The lowest BCUT2D eigenvalue weighted by Gasteiger charge is -2.29. The summed E-state index contributed by atoms with van der Waals surface area (Å²) in [4.78, 5) is 15.2. The number of carbonyl (C=O) groups excluding carboxylic acids is 1. The number of ether oxygens (including phenoxy) is 1. The lowest BCUT2D eigenvalue weighted by molar-refractivity contribution is -0.923. The number of nitrogens with zero attached hydrogens (tertiary/aromatic N) is 1. The van der Waals surface area contributed by atoms with Gasteiger partial charge in [-0.15, -0.1) is 11.3 Å². The van der Waals surface area contributed by atoms with Crippen molar-refractivity contribution < 1.29 is 22.8 Å². The van der Waals surface area contributed by atoms with Gasteiger partial charge in [0, 0.05) is 36.6 Å². The van der Waals surface area contributed by atoms with Crippen LogP contribution in [0.1, 0.15) is 23.4 Å². The van der Waals surface area contributed by atoms with Crippen LogP contribution in [0, 0.1) is 0 Å². The first-order valence-electron chi connectivity index (χ1n) is 9.05. The van der Waals surface area contributed by atoms with Gasteiger partial charge in [-0.1, -0.05) is 0 Å². The molecule has 1 aromatic heterocycles. The Balaban J connectivity index is 1.74. The number of fused-ring (bicyclic) bond motifs is 1. The number of anilines is 1. The molecule has 7 nitrogen and oxygen atoms in total. The predicted molar refractivity (Wildman–Crippen MR) is 110 cm³/mol. The molecule has 1 aliphatic rings. The van der Waals surface area contributed by atoms with Gasteiger partial charge in [-0.3, -0.25) is 4.79 Å². The Bertz CT molecular complexity index is 969. The molecule has 28 heavy (non-hydrogen) atoms. The minimum atomic E-state index is -3.69. The number of nitrogens with one attached hydrogen (secondary N) is 2. The molecule has 0 saturated carbocycles. The van der Waals surface area contributed by atoms with E-state index in [1.807, 2.05) is 0 Å². The topological polar surface area (TPSA) is 80.1 Å². The standard InChI is InChI=1S/C19H25N3O4S2/c1-13-15-8-10-27-17(15)7-9-22(13)12-19(23)20-14-5-6-16(26-4)18(11-14)28(24,25)21(2)3/h5-6,8,10-11,13H,7,9,12H2,1-4H3,(H,20,23)/p+1/t13-/m0/s1. The molecule has 1 amide bonds. The van der Waals surface area contributed by atoms with E-state index in [0.717, 1.165) is 17.3 Å². The molecule has 0 aliphatic carbocycles. The molecular formula is C19H26N3O4S2+. The lowest BCUT2D eigenvalue weighted by Crippen LogP contribution is -3.14. The third-order valence-corrected chi connectivity index (χ3v) is 7.96. The van der Waals surface area contributed by atoms with Crippen LogP contribution in [0.2, 0.25) is 0 Å². The number of sulfonamides is 1. The number of quaternary nitrogens is 1. The van der Waals surface area contributed by atoms with Gasteiger partial charge < -0.3 is 15.0 Å². The average Bonchev–Trinajstić information content (AvgIpc) is 3.13. The largest absolute Gasteiger partial charge is 0.495 e. The summed E-state index contributed by atoms with van der Waals surface area (Å²) in [5, 5.41) is 4.94. The van der Waals surface area contributed by atoms with Gasteiger partial charge in [0.1, 0.15) is 16.7 Å². The highest BCUT2D eigenvalue weighted by molar-refractivity contribution is 7.89. The molecule has 3 rings (SSSR count). The van der Waals surface area contributed by atoms with Crippen LogP contribution >= 0.6 is 11.3 Å². The van der Waals surface area contributed by atoms with Gasteiger partial charge >= 0.3 is 0 Å².